The van der Waals surface area contributed by atoms with Crippen molar-refractivity contribution in [2.45, 2.75) is 31.2 Å². The van der Waals surface area contributed by atoms with Crippen molar-refractivity contribution < 1.29 is 9.53 Å². The number of tetrazole rings is 1. The van der Waals surface area contributed by atoms with E-state index in [2.05, 4.69) is 20.8 Å². The van der Waals surface area contributed by atoms with E-state index in [0.717, 1.165) is 24.2 Å². The Hall–Kier alpha value is -3.26. The minimum atomic E-state index is -0.361. The molecule has 4 rings (SSSR count). The summed E-state index contributed by atoms with van der Waals surface area (Å²) in [6, 6.07) is 14.6. The Bertz CT molecular complexity index is 968. The van der Waals surface area contributed by atoms with Crippen LogP contribution in [0.1, 0.15) is 42.6 Å². The van der Waals surface area contributed by atoms with Gasteiger partial charge in [0.2, 0.25) is 5.91 Å². The van der Waals surface area contributed by atoms with Crippen LogP contribution in [0.25, 0.3) is 5.69 Å². The zero-order valence-corrected chi connectivity index (χ0v) is 15.6. The largest absolute Gasteiger partial charge is 0.494 e. The molecular formula is C20H22N6O2. The maximum atomic E-state index is 12.5. The Morgan fingerprint density at radius 3 is 2.79 bits per heavy atom. The van der Waals surface area contributed by atoms with Crippen molar-refractivity contribution in [3.8, 4) is 11.4 Å². The normalized spacial score (nSPS) is 14.5. The van der Waals surface area contributed by atoms with Crippen molar-refractivity contribution in [1.29, 1.82) is 0 Å². The number of methoxy groups -OCH3 is 1. The first-order valence-electron chi connectivity index (χ1n) is 9.23. The summed E-state index contributed by atoms with van der Waals surface area (Å²) in [6.07, 6.45) is 2.34. The molecule has 0 bridgehead atoms. The number of hydrogen-bond donors (Lipinski definition) is 2. The predicted octanol–water partition coefficient (Wildman–Crippen LogP) is 2.58. The highest BCUT2D eigenvalue weighted by atomic mass is 16.5. The Kier molecular flexibility index (Phi) is 5.03. The van der Waals surface area contributed by atoms with Crippen LogP contribution in [0, 0.1) is 0 Å². The molecule has 1 saturated carbocycles. The molecule has 0 aliphatic heterocycles. The number of rotatable bonds is 7. The summed E-state index contributed by atoms with van der Waals surface area (Å²) in [5, 5.41) is 14.9. The number of nitrogens with two attached hydrogens (primary N) is 1. The second-order valence-corrected chi connectivity index (χ2v) is 6.88. The fourth-order valence-electron chi connectivity index (χ4n) is 3.12. The van der Waals surface area contributed by atoms with Crippen molar-refractivity contribution in [2.24, 2.45) is 5.73 Å². The SMILES string of the molecule is COc1ccc(NC(=O)CC(N)c2ccccc2)cc1-n1nnnc1C1CC1. The highest BCUT2D eigenvalue weighted by molar-refractivity contribution is 5.91. The van der Waals surface area contributed by atoms with Crippen molar-refractivity contribution in [3.63, 3.8) is 0 Å². The number of amides is 1. The molecule has 28 heavy (non-hydrogen) atoms. The van der Waals surface area contributed by atoms with Crippen LogP contribution in [0.4, 0.5) is 5.69 Å². The predicted molar refractivity (Wildman–Crippen MR) is 104 cm³/mol. The van der Waals surface area contributed by atoms with E-state index in [1.54, 1.807) is 23.9 Å². The maximum absolute atomic E-state index is 12.5. The highest BCUT2D eigenvalue weighted by Crippen LogP contribution is 2.40. The molecule has 3 aromatic rings. The average Bonchev–Trinajstić information content (AvgIpc) is 3.45. The number of nitrogens with one attached hydrogen (secondary N) is 1. The third kappa shape index (κ3) is 3.86. The van der Waals surface area contributed by atoms with Crippen LogP contribution in [0.15, 0.2) is 48.5 Å². The van der Waals surface area contributed by atoms with Gasteiger partial charge in [0.05, 0.1) is 7.11 Å². The Labute approximate surface area is 162 Å². The average molecular weight is 378 g/mol. The molecule has 1 heterocycles. The topological polar surface area (TPSA) is 108 Å². The monoisotopic (exact) mass is 378 g/mol. The molecular weight excluding hydrogens is 356 g/mol. The van der Waals surface area contributed by atoms with E-state index in [-0.39, 0.29) is 18.4 Å². The molecule has 1 unspecified atom stereocenters. The number of benzene rings is 2. The summed E-state index contributed by atoms with van der Waals surface area (Å²) in [7, 11) is 1.59. The van der Waals surface area contributed by atoms with Crippen molar-refractivity contribution in [1.82, 2.24) is 20.2 Å². The minimum absolute atomic E-state index is 0.161. The van der Waals surface area contributed by atoms with Crippen LogP contribution in [0.5, 0.6) is 5.75 Å². The second-order valence-electron chi connectivity index (χ2n) is 6.88. The van der Waals surface area contributed by atoms with Gasteiger partial charge in [0.25, 0.3) is 0 Å². The number of carbonyl (C=O) groups is 1. The lowest BCUT2D eigenvalue weighted by Gasteiger charge is -2.14. The van der Waals surface area contributed by atoms with E-state index in [9.17, 15) is 4.79 Å². The van der Waals surface area contributed by atoms with Gasteiger partial charge in [-0.15, -0.1) is 5.10 Å². The third-order valence-corrected chi connectivity index (χ3v) is 4.76. The zero-order chi connectivity index (χ0) is 19.5. The quantitative estimate of drug-likeness (QED) is 0.654. The molecule has 1 aliphatic rings. The lowest BCUT2D eigenvalue weighted by molar-refractivity contribution is -0.116. The first-order valence-corrected chi connectivity index (χ1v) is 9.23. The molecule has 1 aromatic heterocycles. The van der Waals surface area contributed by atoms with Crippen molar-refractivity contribution >= 4 is 11.6 Å². The van der Waals surface area contributed by atoms with Gasteiger partial charge in [-0.1, -0.05) is 30.3 Å². The third-order valence-electron chi connectivity index (χ3n) is 4.76. The van der Waals surface area contributed by atoms with Gasteiger partial charge in [-0.25, -0.2) is 0 Å². The van der Waals surface area contributed by atoms with Gasteiger partial charge in [-0.2, -0.15) is 4.68 Å². The molecule has 0 spiro atoms. The van der Waals surface area contributed by atoms with E-state index in [1.807, 2.05) is 36.4 Å². The van der Waals surface area contributed by atoms with Crippen molar-refractivity contribution in [2.75, 3.05) is 12.4 Å². The zero-order valence-electron chi connectivity index (χ0n) is 15.6. The van der Waals surface area contributed by atoms with E-state index in [0.29, 0.717) is 23.0 Å². The lowest BCUT2D eigenvalue weighted by Crippen LogP contribution is -2.20. The first kappa shape index (κ1) is 18.1. The van der Waals surface area contributed by atoms with Crippen LogP contribution >= 0.6 is 0 Å². The standard InChI is InChI=1S/C20H22N6O2/c1-28-18-10-9-15(11-17(18)26-20(14-7-8-14)23-24-25-26)22-19(27)12-16(21)13-5-3-2-4-6-13/h2-6,9-11,14,16H,7-8,12,21H2,1H3,(H,22,27). The summed E-state index contributed by atoms with van der Waals surface area (Å²) in [5.41, 5.74) is 8.41. The molecule has 1 aliphatic carbocycles. The number of ether oxygens (including phenoxy) is 1. The molecule has 2 aromatic carbocycles. The van der Waals surface area contributed by atoms with E-state index < -0.39 is 0 Å². The lowest BCUT2D eigenvalue weighted by atomic mass is 10.0. The summed E-state index contributed by atoms with van der Waals surface area (Å²) in [6.45, 7) is 0. The van der Waals surface area contributed by atoms with Gasteiger partial charge < -0.3 is 15.8 Å². The molecule has 0 radical (unpaired) electrons. The highest BCUT2D eigenvalue weighted by Gasteiger charge is 2.30. The van der Waals surface area contributed by atoms with Gasteiger partial charge >= 0.3 is 0 Å². The molecule has 1 amide bonds. The van der Waals surface area contributed by atoms with Crippen LogP contribution in [0.3, 0.4) is 0 Å². The molecule has 0 saturated heterocycles. The summed E-state index contributed by atoms with van der Waals surface area (Å²) in [5.74, 6) is 1.66. The van der Waals surface area contributed by atoms with Crippen LogP contribution in [-0.2, 0) is 4.79 Å². The number of carbonyl (C=O) groups excluding carboxylic acids is 1. The van der Waals surface area contributed by atoms with Crippen LogP contribution < -0.4 is 15.8 Å². The van der Waals surface area contributed by atoms with Crippen molar-refractivity contribution in [3.05, 3.63) is 59.9 Å². The molecule has 144 valence electrons. The van der Waals surface area contributed by atoms with Crippen LogP contribution in [0.2, 0.25) is 0 Å². The molecule has 3 N–H and O–H groups in total. The maximum Gasteiger partial charge on any atom is 0.226 e. The van der Waals surface area contributed by atoms with Gasteiger partial charge in [0.1, 0.15) is 11.4 Å². The fraction of sp³-hybridized carbons (Fsp3) is 0.300. The van der Waals surface area contributed by atoms with E-state index in [1.165, 1.54) is 0 Å². The van der Waals surface area contributed by atoms with Gasteiger partial charge in [-0.05, 0) is 47.0 Å². The van der Waals surface area contributed by atoms with E-state index >= 15 is 0 Å². The fourth-order valence-corrected chi connectivity index (χ4v) is 3.12. The smallest absolute Gasteiger partial charge is 0.226 e. The Morgan fingerprint density at radius 2 is 2.07 bits per heavy atom. The van der Waals surface area contributed by atoms with Crippen LogP contribution in [-0.4, -0.2) is 33.2 Å². The molecule has 8 nitrogen and oxygen atoms in total. The first-order chi connectivity index (χ1) is 13.7. The second kappa shape index (κ2) is 7.77. The summed E-state index contributed by atoms with van der Waals surface area (Å²) in [4.78, 5) is 12.5. The number of hydrogen-bond acceptors (Lipinski definition) is 6. The molecule has 1 fully saturated rings. The number of nitrogens with zero attached hydrogens (tertiary/aromatic N) is 4. The summed E-state index contributed by atoms with van der Waals surface area (Å²) >= 11 is 0. The minimum Gasteiger partial charge on any atom is -0.494 e. The number of anilines is 1. The van der Waals surface area contributed by atoms with Gasteiger partial charge in [0, 0.05) is 24.1 Å². The summed E-state index contributed by atoms with van der Waals surface area (Å²) < 4.78 is 7.14. The van der Waals surface area contributed by atoms with Gasteiger partial charge in [0.15, 0.2) is 5.82 Å². The number of aromatic nitrogens is 4. The van der Waals surface area contributed by atoms with E-state index in [4.69, 9.17) is 10.5 Å². The van der Waals surface area contributed by atoms with Gasteiger partial charge in [-0.3, -0.25) is 4.79 Å². The molecule has 8 heteroatoms. The Balaban J connectivity index is 1.52. The molecule has 1 atom stereocenters. The Morgan fingerprint density at radius 1 is 1.29 bits per heavy atom.